The molecule has 0 amide bonds. The van der Waals surface area contributed by atoms with E-state index in [-0.39, 0.29) is 0 Å². The Morgan fingerprint density at radius 3 is 2.71 bits per heavy atom. The fourth-order valence-electron chi connectivity index (χ4n) is 1.34. The second kappa shape index (κ2) is 5.60. The molecule has 0 radical (unpaired) electrons. The Hall–Kier alpha value is -1.09. The average molecular weight is 194 g/mol. The van der Waals surface area contributed by atoms with E-state index in [0.29, 0.717) is 19.0 Å². The van der Waals surface area contributed by atoms with Crippen molar-refractivity contribution in [2.45, 2.75) is 33.2 Å². The largest absolute Gasteiger partial charge is 0.478 e. The first kappa shape index (κ1) is 11.0. The van der Waals surface area contributed by atoms with E-state index < -0.39 is 0 Å². The summed E-state index contributed by atoms with van der Waals surface area (Å²) in [5, 5.41) is 0. The molecule has 0 unspecified atom stereocenters. The lowest BCUT2D eigenvalue weighted by Gasteiger charge is -2.07. The Morgan fingerprint density at radius 2 is 2.14 bits per heavy atom. The van der Waals surface area contributed by atoms with Crippen molar-refractivity contribution in [2.24, 2.45) is 5.73 Å². The Morgan fingerprint density at radius 1 is 1.36 bits per heavy atom. The highest BCUT2D eigenvalue weighted by atomic mass is 16.5. The Bertz CT molecular complexity index is 262. The van der Waals surface area contributed by atoms with Crippen molar-refractivity contribution in [1.82, 2.24) is 4.98 Å². The summed E-state index contributed by atoms with van der Waals surface area (Å²) in [6.07, 6.45) is 2.07. The van der Waals surface area contributed by atoms with Crippen LogP contribution in [0.1, 0.15) is 31.5 Å². The molecule has 1 rings (SSSR count). The quantitative estimate of drug-likeness (QED) is 0.778. The van der Waals surface area contributed by atoms with Gasteiger partial charge in [-0.3, -0.25) is 0 Å². The summed E-state index contributed by atoms with van der Waals surface area (Å²) in [6, 6.07) is 3.95. The number of aryl methyl sites for hydroxylation is 1. The van der Waals surface area contributed by atoms with Crippen molar-refractivity contribution >= 4 is 0 Å². The molecular weight excluding hydrogens is 176 g/mol. The summed E-state index contributed by atoms with van der Waals surface area (Å²) >= 11 is 0. The second-order valence-electron chi connectivity index (χ2n) is 3.19. The van der Waals surface area contributed by atoms with Crippen molar-refractivity contribution in [3.8, 4) is 5.88 Å². The van der Waals surface area contributed by atoms with Gasteiger partial charge < -0.3 is 10.5 Å². The molecule has 0 aliphatic carbocycles. The van der Waals surface area contributed by atoms with Gasteiger partial charge in [0.15, 0.2) is 0 Å². The number of rotatable bonds is 5. The lowest BCUT2D eigenvalue weighted by Crippen LogP contribution is -2.03. The lowest BCUT2D eigenvalue weighted by molar-refractivity contribution is 0.325. The molecule has 14 heavy (non-hydrogen) atoms. The van der Waals surface area contributed by atoms with Gasteiger partial charge in [0, 0.05) is 18.3 Å². The third-order valence-corrected chi connectivity index (χ3v) is 1.95. The van der Waals surface area contributed by atoms with Crippen LogP contribution in [0.15, 0.2) is 12.1 Å². The second-order valence-corrected chi connectivity index (χ2v) is 3.19. The highest BCUT2D eigenvalue weighted by Gasteiger charge is 2.01. The number of pyridine rings is 1. The normalized spacial score (nSPS) is 10.2. The SMILES string of the molecule is CCCc1cc(CN)cc(OCC)n1. The molecule has 1 aromatic heterocycles. The van der Waals surface area contributed by atoms with Gasteiger partial charge >= 0.3 is 0 Å². The molecular formula is C11H18N2O. The molecule has 1 heterocycles. The van der Waals surface area contributed by atoms with Crippen LogP contribution in [0.5, 0.6) is 5.88 Å². The summed E-state index contributed by atoms with van der Waals surface area (Å²) in [5.74, 6) is 0.693. The van der Waals surface area contributed by atoms with Crippen LogP contribution in [-0.4, -0.2) is 11.6 Å². The van der Waals surface area contributed by atoms with Crippen molar-refractivity contribution in [3.05, 3.63) is 23.4 Å². The fraction of sp³-hybridized carbons (Fsp3) is 0.545. The van der Waals surface area contributed by atoms with E-state index in [0.717, 1.165) is 24.1 Å². The standard InChI is InChI=1S/C11H18N2O/c1-3-5-10-6-9(8-12)7-11(13-10)14-4-2/h6-7H,3-5,8,12H2,1-2H3. The average Bonchev–Trinajstić information content (AvgIpc) is 2.18. The molecule has 2 N–H and O–H groups in total. The van der Waals surface area contributed by atoms with Gasteiger partial charge in [-0.05, 0) is 25.0 Å². The van der Waals surface area contributed by atoms with E-state index in [2.05, 4.69) is 11.9 Å². The number of hydrogen-bond donors (Lipinski definition) is 1. The Balaban J connectivity index is 2.88. The van der Waals surface area contributed by atoms with Gasteiger partial charge in [-0.2, -0.15) is 0 Å². The van der Waals surface area contributed by atoms with Gasteiger partial charge in [-0.1, -0.05) is 13.3 Å². The Labute approximate surface area is 85.3 Å². The maximum absolute atomic E-state index is 5.60. The van der Waals surface area contributed by atoms with Crippen molar-refractivity contribution < 1.29 is 4.74 Å². The van der Waals surface area contributed by atoms with Crippen LogP contribution < -0.4 is 10.5 Å². The monoisotopic (exact) mass is 194 g/mol. The minimum Gasteiger partial charge on any atom is -0.478 e. The summed E-state index contributed by atoms with van der Waals surface area (Å²) in [5.41, 5.74) is 7.75. The molecule has 0 saturated heterocycles. The maximum atomic E-state index is 5.60. The zero-order valence-electron chi connectivity index (χ0n) is 8.92. The molecule has 0 aliphatic rings. The lowest BCUT2D eigenvalue weighted by atomic mass is 10.1. The third-order valence-electron chi connectivity index (χ3n) is 1.95. The summed E-state index contributed by atoms with van der Waals surface area (Å²) < 4.78 is 5.37. The number of aromatic nitrogens is 1. The molecule has 0 aromatic carbocycles. The first-order chi connectivity index (χ1) is 6.80. The molecule has 78 valence electrons. The van der Waals surface area contributed by atoms with Gasteiger partial charge in [0.05, 0.1) is 6.61 Å². The van der Waals surface area contributed by atoms with Gasteiger partial charge in [-0.15, -0.1) is 0 Å². The highest BCUT2D eigenvalue weighted by Crippen LogP contribution is 2.13. The highest BCUT2D eigenvalue weighted by molar-refractivity contribution is 5.25. The van der Waals surface area contributed by atoms with Gasteiger partial charge in [0.2, 0.25) is 5.88 Å². The van der Waals surface area contributed by atoms with Crippen LogP contribution in [0.4, 0.5) is 0 Å². The van der Waals surface area contributed by atoms with E-state index in [1.807, 2.05) is 19.1 Å². The molecule has 3 heteroatoms. The summed E-state index contributed by atoms with van der Waals surface area (Å²) in [6.45, 7) is 5.28. The molecule has 3 nitrogen and oxygen atoms in total. The van der Waals surface area contributed by atoms with Crippen molar-refractivity contribution in [2.75, 3.05) is 6.61 Å². The van der Waals surface area contributed by atoms with E-state index in [1.54, 1.807) is 0 Å². The third kappa shape index (κ3) is 3.00. The molecule has 0 atom stereocenters. The molecule has 0 fully saturated rings. The first-order valence-electron chi connectivity index (χ1n) is 5.12. The minimum atomic E-state index is 0.541. The van der Waals surface area contributed by atoms with Gasteiger partial charge in [0.1, 0.15) is 0 Å². The molecule has 0 spiro atoms. The number of nitrogens with two attached hydrogens (primary N) is 1. The number of hydrogen-bond acceptors (Lipinski definition) is 3. The zero-order valence-corrected chi connectivity index (χ0v) is 8.92. The Kier molecular flexibility index (Phi) is 4.40. The first-order valence-corrected chi connectivity index (χ1v) is 5.12. The molecule has 0 saturated carbocycles. The molecule has 0 aliphatic heterocycles. The zero-order chi connectivity index (χ0) is 10.4. The van der Waals surface area contributed by atoms with Crippen LogP contribution in [0, 0.1) is 0 Å². The van der Waals surface area contributed by atoms with Crippen LogP contribution in [0.3, 0.4) is 0 Å². The van der Waals surface area contributed by atoms with E-state index in [4.69, 9.17) is 10.5 Å². The molecule has 0 bridgehead atoms. The van der Waals surface area contributed by atoms with Crippen molar-refractivity contribution in [3.63, 3.8) is 0 Å². The predicted octanol–water partition coefficient (Wildman–Crippen LogP) is 1.89. The van der Waals surface area contributed by atoms with Crippen LogP contribution in [0.25, 0.3) is 0 Å². The number of nitrogens with zero attached hydrogens (tertiary/aromatic N) is 1. The minimum absolute atomic E-state index is 0.541. The predicted molar refractivity (Wildman–Crippen MR) is 57.3 cm³/mol. The van der Waals surface area contributed by atoms with Gasteiger partial charge in [-0.25, -0.2) is 4.98 Å². The smallest absolute Gasteiger partial charge is 0.213 e. The molecule has 1 aromatic rings. The van der Waals surface area contributed by atoms with Crippen molar-refractivity contribution in [1.29, 1.82) is 0 Å². The topological polar surface area (TPSA) is 48.1 Å². The van der Waals surface area contributed by atoms with Gasteiger partial charge in [0.25, 0.3) is 0 Å². The van der Waals surface area contributed by atoms with Crippen LogP contribution >= 0.6 is 0 Å². The number of ether oxygens (including phenoxy) is 1. The summed E-state index contributed by atoms with van der Waals surface area (Å²) in [7, 11) is 0. The van der Waals surface area contributed by atoms with E-state index in [9.17, 15) is 0 Å². The van der Waals surface area contributed by atoms with E-state index >= 15 is 0 Å². The maximum Gasteiger partial charge on any atom is 0.213 e. The van der Waals surface area contributed by atoms with Crippen LogP contribution in [0.2, 0.25) is 0 Å². The van der Waals surface area contributed by atoms with Crippen LogP contribution in [-0.2, 0) is 13.0 Å². The fourth-order valence-corrected chi connectivity index (χ4v) is 1.34. The summed E-state index contributed by atoms with van der Waals surface area (Å²) in [4.78, 5) is 4.38. The van der Waals surface area contributed by atoms with E-state index in [1.165, 1.54) is 0 Å².